The Morgan fingerprint density at radius 2 is 1.94 bits per heavy atom. The van der Waals surface area contributed by atoms with Crippen LogP contribution < -0.4 is 30.7 Å². The lowest BCUT2D eigenvalue weighted by Crippen LogP contribution is -2.34. The topological polar surface area (TPSA) is 119 Å². The van der Waals surface area contributed by atoms with Crippen molar-refractivity contribution in [3.05, 3.63) is 43.8 Å². The number of nitrogens with one attached hydrogen (secondary N) is 3. The molecule has 0 bridgehead atoms. The number of nitriles is 1. The molecule has 0 atom stereocenters. The summed E-state index contributed by atoms with van der Waals surface area (Å²) in [5, 5.41) is 18.1. The Hall–Kier alpha value is -3.42. The fourth-order valence-corrected chi connectivity index (χ4v) is 4.70. The quantitative estimate of drug-likeness (QED) is 0.523. The largest absolute Gasteiger partial charge is 0.360 e. The number of hydrogen-bond donors (Lipinski definition) is 3. The van der Waals surface area contributed by atoms with Gasteiger partial charge in [-0.1, -0.05) is 6.07 Å². The molecule has 1 aromatic heterocycles. The van der Waals surface area contributed by atoms with E-state index in [-0.39, 0.29) is 17.0 Å². The van der Waals surface area contributed by atoms with Gasteiger partial charge in [-0.3, -0.25) is 23.9 Å². The van der Waals surface area contributed by atoms with Gasteiger partial charge in [-0.05, 0) is 58.0 Å². The molecule has 0 radical (unpaired) electrons. The summed E-state index contributed by atoms with van der Waals surface area (Å²) >= 11 is 1.09. The molecule has 1 aliphatic heterocycles. The maximum Gasteiger partial charge on any atom is 0.270 e. The molecule has 2 amide bonds. The molecule has 9 nitrogen and oxygen atoms in total. The molecule has 1 fully saturated rings. The van der Waals surface area contributed by atoms with E-state index in [0.29, 0.717) is 40.2 Å². The van der Waals surface area contributed by atoms with Crippen LogP contribution in [0.1, 0.15) is 26.7 Å². The van der Waals surface area contributed by atoms with E-state index in [0.717, 1.165) is 37.3 Å². The standard InChI is InChI=1S/C23H28N6O3S/c1-3-25-21(31)18(13-24)23-29(4-2)22(32)19(33-23)14-26-16-8-7-9-17(12-16)27-20(30)15-28-10-5-6-11-28/h7-9,12,14,26H,3-6,10-11,15H2,1-2H3,(H,25,31)(H,27,30)/b19-14+,23-18-. The predicted molar refractivity (Wildman–Crippen MR) is 130 cm³/mol. The van der Waals surface area contributed by atoms with Crippen molar-refractivity contribution in [1.29, 1.82) is 5.26 Å². The molecule has 0 spiro atoms. The van der Waals surface area contributed by atoms with Crippen molar-refractivity contribution in [3.8, 4) is 6.07 Å². The summed E-state index contributed by atoms with van der Waals surface area (Å²) in [5.74, 6) is -0.558. The molecule has 174 valence electrons. The van der Waals surface area contributed by atoms with Crippen molar-refractivity contribution in [2.45, 2.75) is 33.2 Å². The summed E-state index contributed by atoms with van der Waals surface area (Å²) < 4.78 is 2.11. The maximum atomic E-state index is 12.8. The zero-order valence-corrected chi connectivity index (χ0v) is 19.6. The summed E-state index contributed by atoms with van der Waals surface area (Å²) in [6.07, 6.45) is 3.81. The van der Waals surface area contributed by atoms with Crippen molar-refractivity contribution < 1.29 is 9.59 Å². The molecule has 3 rings (SSSR count). The number of likely N-dealkylation sites (tertiary alicyclic amines) is 1. The van der Waals surface area contributed by atoms with Crippen LogP contribution in [-0.2, 0) is 16.1 Å². The number of rotatable bonds is 8. The van der Waals surface area contributed by atoms with Crippen LogP contribution in [0.2, 0.25) is 0 Å². The summed E-state index contributed by atoms with van der Waals surface area (Å²) in [6, 6.07) is 9.14. The number of carbonyl (C=O) groups is 2. The van der Waals surface area contributed by atoms with Crippen molar-refractivity contribution >= 4 is 46.3 Å². The van der Waals surface area contributed by atoms with Crippen LogP contribution in [-0.4, -0.2) is 47.5 Å². The first-order chi connectivity index (χ1) is 16.0. The molecular weight excluding hydrogens is 440 g/mol. The Kier molecular flexibility index (Phi) is 8.40. The lowest BCUT2D eigenvalue weighted by molar-refractivity contribution is -0.117. The van der Waals surface area contributed by atoms with Crippen molar-refractivity contribution in [2.75, 3.05) is 36.8 Å². The van der Waals surface area contributed by atoms with Crippen LogP contribution in [0, 0.1) is 11.3 Å². The molecule has 1 aliphatic rings. The number of amides is 2. The third-order valence-corrected chi connectivity index (χ3v) is 6.33. The second-order valence-electron chi connectivity index (χ2n) is 7.57. The average molecular weight is 469 g/mol. The lowest BCUT2D eigenvalue weighted by atomic mass is 10.2. The van der Waals surface area contributed by atoms with Crippen LogP contribution in [0.15, 0.2) is 29.1 Å². The third kappa shape index (κ3) is 6.09. The Morgan fingerprint density at radius 3 is 2.61 bits per heavy atom. The number of hydrogen-bond acceptors (Lipinski definition) is 7. The van der Waals surface area contributed by atoms with E-state index < -0.39 is 5.91 Å². The van der Waals surface area contributed by atoms with Gasteiger partial charge in [0.15, 0.2) is 5.57 Å². The lowest BCUT2D eigenvalue weighted by Gasteiger charge is -2.14. The minimum absolute atomic E-state index is 0.0586. The highest BCUT2D eigenvalue weighted by Crippen LogP contribution is 2.15. The van der Waals surface area contributed by atoms with Gasteiger partial charge in [-0.25, -0.2) is 0 Å². The van der Waals surface area contributed by atoms with E-state index in [1.54, 1.807) is 32.2 Å². The van der Waals surface area contributed by atoms with Gasteiger partial charge in [0.25, 0.3) is 11.5 Å². The van der Waals surface area contributed by atoms with Crippen LogP contribution in [0.5, 0.6) is 0 Å². The predicted octanol–water partition coefficient (Wildman–Crippen LogP) is 0.624. The van der Waals surface area contributed by atoms with Crippen molar-refractivity contribution in [1.82, 2.24) is 14.8 Å². The second-order valence-corrected chi connectivity index (χ2v) is 8.60. The van der Waals surface area contributed by atoms with Crippen LogP contribution in [0.25, 0.3) is 11.8 Å². The van der Waals surface area contributed by atoms with Gasteiger partial charge < -0.3 is 16.0 Å². The number of carbonyl (C=O) groups excluding carboxylic acids is 2. The number of aromatic nitrogens is 1. The molecule has 2 heterocycles. The summed E-state index contributed by atoms with van der Waals surface area (Å²) in [7, 11) is 0. The summed E-state index contributed by atoms with van der Waals surface area (Å²) in [6.45, 7) is 6.55. The normalized spacial score (nSPS) is 15.1. The van der Waals surface area contributed by atoms with E-state index in [2.05, 4.69) is 20.9 Å². The minimum atomic E-state index is -0.500. The van der Waals surface area contributed by atoms with Gasteiger partial charge in [-0.2, -0.15) is 5.26 Å². The highest BCUT2D eigenvalue weighted by atomic mass is 32.1. The van der Waals surface area contributed by atoms with Crippen LogP contribution in [0.3, 0.4) is 0 Å². The second kappa shape index (κ2) is 11.4. The van der Waals surface area contributed by atoms with E-state index in [9.17, 15) is 19.6 Å². The summed E-state index contributed by atoms with van der Waals surface area (Å²) in [4.78, 5) is 39.5. The monoisotopic (exact) mass is 468 g/mol. The molecule has 2 aromatic rings. The molecule has 0 saturated carbocycles. The van der Waals surface area contributed by atoms with E-state index in [1.165, 1.54) is 4.57 Å². The first-order valence-electron chi connectivity index (χ1n) is 11.0. The van der Waals surface area contributed by atoms with Gasteiger partial charge in [0.2, 0.25) is 5.91 Å². The van der Waals surface area contributed by atoms with Crippen LogP contribution in [0.4, 0.5) is 11.4 Å². The van der Waals surface area contributed by atoms with Crippen LogP contribution >= 0.6 is 11.3 Å². The molecule has 10 heteroatoms. The minimum Gasteiger partial charge on any atom is -0.360 e. The molecule has 0 aliphatic carbocycles. The van der Waals surface area contributed by atoms with Crippen molar-refractivity contribution in [3.63, 3.8) is 0 Å². The van der Waals surface area contributed by atoms with Gasteiger partial charge >= 0.3 is 0 Å². The zero-order valence-electron chi connectivity index (χ0n) is 18.8. The molecule has 1 aromatic carbocycles. The molecule has 3 N–H and O–H groups in total. The first kappa shape index (κ1) is 24.2. The Labute approximate surface area is 196 Å². The third-order valence-electron chi connectivity index (χ3n) is 5.20. The highest BCUT2D eigenvalue weighted by molar-refractivity contribution is 7.07. The van der Waals surface area contributed by atoms with Gasteiger partial charge in [0.05, 0.1) is 6.54 Å². The summed E-state index contributed by atoms with van der Waals surface area (Å²) in [5.41, 5.74) is 0.992. The van der Waals surface area contributed by atoms with Gasteiger partial charge in [-0.15, -0.1) is 11.3 Å². The number of benzene rings is 1. The fraction of sp³-hybridized carbons (Fsp3) is 0.391. The molecule has 1 saturated heterocycles. The molecular formula is C23H28N6O3S. The zero-order chi connectivity index (χ0) is 23.8. The molecule has 0 unspecified atom stereocenters. The number of nitrogens with zero attached hydrogens (tertiary/aromatic N) is 3. The maximum absolute atomic E-state index is 12.8. The molecule has 33 heavy (non-hydrogen) atoms. The van der Waals surface area contributed by atoms with Crippen molar-refractivity contribution in [2.24, 2.45) is 0 Å². The van der Waals surface area contributed by atoms with Gasteiger partial charge in [0, 0.05) is 30.7 Å². The number of thiazole rings is 1. The Bertz CT molecular complexity index is 1230. The smallest absolute Gasteiger partial charge is 0.270 e. The first-order valence-corrected chi connectivity index (χ1v) is 11.8. The SMILES string of the molecule is CCNC(=O)/C(C#N)=c1\s/c(=C/Nc2cccc(NC(=O)CN3CCCC3)c2)c(=O)n1CC. The fourth-order valence-electron chi connectivity index (χ4n) is 3.62. The van der Waals surface area contributed by atoms with Gasteiger partial charge in [0.1, 0.15) is 15.3 Å². The van der Waals surface area contributed by atoms with E-state index in [1.807, 2.05) is 18.2 Å². The Balaban J connectivity index is 1.82. The average Bonchev–Trinajstić information content (AvgIpc) is 3.41. The highest BCUT2D eigenvalue weighted by Gasteiger charge is 2.16. The number of anilines is 2. The van der Waals surface area contributed by atoms with E-state index >= 15 is 0 Å². The van der Waals surface area contributed by atoms with E-state index in [4.69, 9.17) is 0 Å². The Morgan fingerprint density at radius 1 is 1.21 bits per heavy atom.